The molecule has 18 unspecified atom stereocenters. The van der Waals surface area contributed by atoms with Crippen LogP contribution >= 0.6 is 7.82 Å². The highest BCUT2D eigenvalue weighted by atomic mass is 31.2. The van der Waals surface area contributed by atoms with Crippen molar-refractivity contribution in [2.45, 2.75) is 491 Å². The predicted molar refractivity (Wildman–Crippen MR) is 444 cm³/mol. The number of aliphatic hydroxyl groups excluding tert-OH is 9. The van der Waals surface area contributed by atoms with Crippen molar-refractivity contribution in [3.63, 3.8) is 0 Å². The van der Waals surface area contributed by atoms with Crippen LogP contribution in [0.15, 0.2) is 24.3 Å². The van der Waals surface area contributed by atoms with Crippen LogP contribution < -0.4 is 0 Å². The zero-order chi connectivity index (χ0) is 84.0. The monoisotopic (exact) mass is 1660 g/mol. The normalized spacial score (nSPS) is 25.3. The Morgan fingerprint density at radius 2 is 0.652 bits per heavy atom. The third kappa shape index (κ3) is 49.0. The van der Waals surface area contributed by atoms with E-state index in [0.717, 1.165) is 122 Å². The Labute approximate surface area is 692 Å². The maximum atomic E-state index is 14.9. The highest BCUT2D eigenvalue weighted by Crippen LogP contribution is 2.49. The molecule has 10 N–H and O–H groups in total. The molecule has 0 bridgehead atoms. The van der Waals surface area contributed by atoms with E-state index in [4.69, 9.17) is 46.9 Å². The maximum absolute atomic E-state index is 14.9. The lowest BCUT2D eigenvalue weighted by Gasteiger charge is -2.50. The van der Waals surface area contributed by atoms with E-state index in [1.807, 2.05) is 0 Å². The molecule has 0 radical (unpaired) electrons. The molecule has 26 heteroatoms. The fraction of sp³-hybridized carbons (Fsp3) is 0.910. The molecule has 18 atom stereocenters. The Hall–Kier alpha value is -3.05. The summed E-state index contributed by atoms with van der Waals surface area (Å²) in [5, 5.41) is 102. The van der Waals surface area contributed by atoms with E-state index < -0.39 is 162 Å². The molecule has 2 saturated heterocycles. The summed E-state index contributed by atoms with van der Waals surface area (Å²) in [7, 11) is -5.81. The van der Waals surface area contributed by atoms with Gasteiger partial charge in [-0.3, -0.25) is 28.2 Å². The van der Waals surface area contributed by atoms with Crippen LogP contribution in [0, 0.1) is 0 Å². The van der Waals surface area contributed by atoms with Gasteiger partial charge in [-0.2, -0.15) is 0 Å². The number of phosphoric acid groups is 1. The topological polar surface area (TPSA) is 380 Å². The Morgan fingerprint density at radius 1 is 0.339 bits per heavy atom. The van der Waals surface area contributed by atoms with E-state index in [1.165, 1.54) is 173 Å². The van der Waals surface area contributed by atoms with Crippen LogP contribution in [0.2, 0.25) is 0 Å². The van der Waals surface area contributed by atoms with Gasteiger partial charge in [0, 0.05) is 25.7 Å². The molecule has 25 nitrogen and oxygen atoms in total. The molecule has 2 aliphatic heterocycles. The fourth-order valence-electron chi connectivity index (χ4n) is 15.1. The molecular weight excluding hydrogens is 1500 g/mol. The molecule has 0 amide bonds. The van der Waals surface area contributed by atoms with Gasteiger partial charge < -0.3 is 88.7 Å². The minimum absolute atomic E-state index is 0.0111. The minimum atomic E-state index is -5.81. The molecule has 3 fully saturated rings. The van der Waals surface area contributed by atoms with E-state index in [-0.39, 0.29) is 25.7 Å². The van der Waals surface area contributed by atoms with Gasteiger partial charge >= 0.3 is 31.7 Å². The lowest BCUT2D eigenvalue weighted by Crippen LogP contribution is -2.70. The van der Waals surface area contributed by atoms with E-state index in [1.54, 1.807) is 0 Å². The number of hydrogen-bond donors (Lipinski definition) is 10. The van der Waals surface area contributed by atoms with Crippen molar-refractivity contribution >= 4 is 31.7 Å². The van der Waals surface area contributed by atoms with Crippen LogP contribution in [-0.2, 0) is 70.7 Å². The summed E-state index contributed by atoms with van der Waals surface area (Å²) >= 11 is 0. The van der Waals surface area contributed by atoms with Crippen LogP contribution in [0.25, 0.3) is 0 Å². The summed E-state index contributed by atoms with van der Waals surface area (Å²) in [6.45, 7) is 5.55. The third-order valence-electron chi connectivity index (χ3n) is 22.4. The van der Waals surface area contributed by atoms with Crippen molar-refractivity contribution in [3.05, 3.63) is 24.3 Å². The number of rotatable bonds is 74. The lowest BCUT2D eigenvalue weighted by molar-refractivity contribution is -0.360. The first kappa shape index (κ1) is 106. The molecule has 1 aliphatic carbocycles. The van der Waals surface area contributed by atoms with Gasteiger partial charge in [0.15, 0.2) is 24.8 Å². The first-order chi connectivity index (χ1) is 55.7. The Morgan fingerprint density at radius 3 is 1.04 bits per heavy atom. The number of allylic oxidation sites excluding steroid dienone is 4. The van der Waals surface area contributed by atoms with Crippen LogP contribution in [0.4, 0.5) is 0 Å². The lowest BCUT2D eigenvalue weighted by atomic mass is 9.84. The average Bonchev–Trinajstić information content (AvgIpc) is 0.755. The summed E-state index contributed by atoms with van der Waals surface area (Å²) in [4.78, 5) is 66.3. The fourth-order valence-corrected chi connectivity index (χ4v) is 16.0. The zero-order valence-corrected chi connectivity index (χ0v) is 72.5. The van der Waals surface area contributed by atoms with Crippen LogP contribution in [0.3, 0.4) is 0 Å². The van der Waals surface area contributed by atoms with E-state index in [0.29, 0.717) is 38.5 Å². The standard InChI is InChI=1S/C89H163O25P/c1-5-9-13-17-21-25-29-33-35-39-42-46-50-54-58-62-73(92)106-68-71-77(96)79(98)83(102)89(110-71)113-86-84(111-75(94)64-60-56-52-48-44-40-36-34-30-26-22-18-14-10-6-2)80(99)81(100)85(112-88-82(101)78(97)76(95)70(65-90)109-88)87(86)114-115(103,104)107-67-69(108-74(93)63-59-55-51-47-43-38-32-28-24-20-16-12-8-4)66-105-72(91)61-57-53-49-45-41-37-31-27-23-19-15-11-7-3/h37-38,41,43,69-71,76-90,95-102H,5-36,39-40,42,44-68H2,1-4H3,(H,103,104)/b41-37-,43-38-. The first-order valence-electron chi connectivity index (χ1n) is 46.1. The van der Waals surface area contributed by atoms with Gasteiger partial charge in [-0.25, -0.2) is 4.57 Å². The average molecular weight is 1660 g/mol. The second-order valence-corrected chi connectivity index (χ2v) is 34.2. The SMILES string of the molecule is CCCCCCCC/C=C\CCCCCC(=O)OCC(COP(=O)(O)OC1C(OC2OC(CO)C(O)C(O)C2O)C(O)C(O)C(OC(=O)CCCCCCCCCCCCCCCCC)C1OC1OC(COC(=O)CCCCCCCCCCCCCCCCC)C(O)C(O)C1O)OC(=O)CCCCC/C=C\CCCCCCCC. The van der Waals surface area contributed by atoms with Crippen LogP contribution in [-0.4, -0.2) is 205 Å². The molecule has 0 aromatic rings. The largest absolute Gasteiger partial charge is 0.472 e. The summed E-state index contributed by atoms with van der Waals surface area (Å²) in [5.74, 6) is -3.00. The maximum Gasteiger partial charge on any atom is 0.472 e. The van der Waals surface area contributed by atoms with Crippen molar-refractivity contribution in [1.29, 1.82) is 0 Å². The van der Waals surface area contributed by atoms with Crippen molar-refractivity contribution in [1.82, 2.24) is 0 Å². The van der Waals surface area contributed by atoms with Gasteiger partial charge in [-0.05, 0) is 77.0 Å². The van der Waals surface area contributed by atoms with E-state index in [2.05, 4.69) is 52.0 Å². The summed E-state index contributed by atoms with van der Waals surface area (Å²) in [5.41, 5.74) is 0. The smallest absolute Gasteiger partial charge is 0.463 e. The quantitative estimate of drug-likeness (QED) is 0.00889. The molecule has 0 aromatic carbocycles. The number of phosphoric ester groups is 1. The molecule has 674 valence electrons. The van der Waals surface area contributed by atoms with Crippen molar-refractivity contribution in [2.24, 2.45) is 0 Å². The van der Waals surface area contributed by atoms with Gasteiger partial charge in [-0.15, -0.1) is 0 Å². The van der Waals surface area contributed by atoms with Gasteiger partial charge in [-0.1, -0.05) is 309 Å². The van der Waals surface area contributed by atoms with Gasteiger partial charge in [0.05, 0.1) is 13.2 Å². The van der Waals surface area contributed by atoms with Crippen molar-refractivity contribution in [3.8, 4) is 0 Å². The molecule has 115 heavy (non-hydrogen) atoms. The molecule has 0 spiro atoms. The number of esters is 4. The number of carbonyl (C=O) groups excluding carboxylic acids is 4. The predicted octanol–water partition coefficient (Wildman–Crippen LogP) is 16.5. The summed E-state index contributed by atoms with van der Waals surface area (Å²) in [6.07, 6.45) is 27.6. The number of ether oxygens (including phenoxy) is 8. The molecular formula is C89H163O25P. The number of unbranched alkanes of at least 4 members (excludes halogenated alkanes) is 46. The zero-order valence-electron chi connectivity index (χ0n) is 71.6. The molecule has 3 aliphatic rings. The number of aliphatic hydroxyl groups is 9. The highest BCUT2D eigenvalue weighted by molar-refractivity contribution is 7.47. The Kier molecular flexibility index (Phi) is 63.2. The minimum Gasteiger partial charge on any atom is -0.463 e. The molecule has 3 rings (SSSR count). The number of hydrogen-bond acceptors (Lipinski definition) is 24. The number of carbonyl (C=O) groups is 4. The highest BCUT2D eigenvalue weighted by Gasteiger charge is 2.60. The molecule has 0 aromatic heterocycles. The molecule has 2 heterocycles. The molecule has 1 saturated carbocycles. The van der Waals surface area contributed by atoms with E-state index >= 15 is 0 Å². The first-order valence-corrected chi connectivity index (χ1v) is 47.6. The van der Waals surface area contributed by atoms with Crippen LogP contribution in [0.1, 0.15) is 387 Å². The van der Waals surface area contributed by atoms with Crippen molar-refractivity contribution in [2.75, 3.05) is 26.4 Å². The Bertz CT molecular complexity index is 2490. The second-order valence-electron chi connectivity index (χ2n) is 32.8. The van der Waals surface area contributed by atoms with Crippen molar-refractivity contribution < 1.29 is 122 Å². The van der Waals surface area contributed by atoms with Gasteiger partial charge in [0.25, 0.3) is 0 Å². The third-order valence-corrected chi connectivity index (χ3v) is 23.4. The van der Waals surface area contributed by atoms with Gasteiger partial charge in [0.2, 0.25) is 0 Å². The van der Waals surface area contributed by atoms with Gasteiger partial charge in [0.1, 0.15) is 92.6 Å². The Balaban J connectivity index is 1.93. The summed E-state index contributed by atoms with van der Waals surface area (Å²) < 4.78 is 73.3. The second kappa shape index (κ2) is 68.5. The summed E-state index contributed by atoms with van der Waals surface area (Å²) in [6, 6.07) is 0. The van der Waals surface area contributed by atoms with Crippen LogP contribution in [0.5, 0.6) is 0 Å². The van der Waals surface area contributed by atoms with E-state index in [9.17, 15) is 74.6 Å².